The molecule has 0 saturated heterocycles. The molecular formula is C11H7BrN4O. The number of nitrogens with one attached hydrogen (secondary N) is 1. The molecule has 17 heavy (non-hydrogen) atoms. The summed E-state index contributed by atoms with van der Waals surface area (Å²) < 4.78 is 6.36. The molecule has 0 aliphatic rings. The topological polar surface area (TPSA) is 67.6 Å². The summed E-state index contributed by atoms with van der Waals surface area (Å²) >= 11 is 3.35. The van der Waals surface area contributed by atoms with Crippen molar-refractivity contribution >= 4 is 15.9 Å². The molecule has 1 N–H and O–H groups in total. The maximum Gasteiger partial charge on any atom is 0.267 e. The van der Waals surface area contributed by atoms with Crippen LogP contribution in [0, 0.1) is 0 Å². The molecule has 0 spiro atoms. The van der Waals surface area contributed by atoms with Crippen LogP contribution in [0.4, 0.5) is 0 Å². The maximum atomic E-state index is 5.57. The Hall–Kier alpha value is -1.95. The molecule has 84 valence electrons. The number of nitrogens with zero attached hydrogens (tertiary/aromatic N) is 3. The van der Waals surface area contributed by atoms with Crippen LogP contribution in [0.1, 0.15) is 0 Å². The van der Waals surface area contributed by atoms with Gasteiger partial charge in [-0.25, -0.2) is 0 Å². The molecule has 0 amide bonds. The second-order valence-corrected chi connectivity index (χ2v) is 4.23. The van der Waals surface area contributed by atoms with E-state index in [9.17, 15) is 0 Å². The van der Waals surface area contributed by atoms with E-state index in [1.165, 1.54) is 0 Å². The highest BCUT2D eigenvalue weighted by Crippen LogP contribution is 2.27. The third-order valence-corrected chi connectivity index (χ3v) is 2.85. The van der Waals surface area contributed by atoms with Crippen molar-refractivity contribution in [2.45, 2.75) is 0 Å². The van der Waals surface area contributed by atoms with Crippen molar-refractivity contribution in [2.75, 3.05) is 0 Å². The van der Waals surface area contributed by atoms with Crippen LogP contribution < -0.4 is 0 Å². The van der Waals surface area contributed by atoms with Crippen molar-refractivity contribution in [3.63, 3.8) is 0 Å². The summed E-state index contributed by atoms with van der Waals surface area (Å²) in [6, 6.07) is 9.61. The molecule has 0 aliphatic carbocycles. The van der Waals surface area contributed by atoms with Gasteiger partial charge in [0.25, 0.3) is 5.89 Å². The molecule has 6 heteroatoms. The van der Waals surface area contributed by atoms with E-state index in [1.807, 2.05) is 30.3 Å². The number of hydrogen-bond acceptors (Lipinski definition) is 4. The molecule has 0 saturated carbocycles. The number of aromatic amines is 1. The van der Waals surface area contributed by atoms with Crippen molar-refractivity contribution < 1.29 is 4.42 Å². The first-order valence-electron chi connectivity index (χ1n) is 4.93. The summed E-state index contributed by atoms with van der Waals surface area (Å²) in [5.41, 5.74) is 1.57. The zero-order valence-corrected chi connectivity index (χ0v) is 10.2. The van der Waals surface area contributed by atoms with Crippen molar-refractivity contribution in [2.24, 2.45) is 0 Å². The first-order chi connectivity index (χ1) is 8.34. The highest BCUT2D eigenvalue weighted by Gasteiger charge is 2.14. The molecule has 0 aliphatic heterocycles. The van der Waals surface area contributed by atoms with Gasteiger partial charge in [-0.05, 0) is 28.1 Å². The number of hydrogen-bond donors (Lipinski definition) is 1. The minimum atomic E-state index is 0.410. The molecular weight excluding hydrogens is 284 g/mol. The number of rotatable bonds is 2. The van der Waals surface area contributed by atoms with Crippen LogP contribution in [0.25, 0.3) is 23.0 Å². The second-order valence-electron chi connectivity index (χ2n) is 3.37. The van der Waals surface area contributed by atoms with E-state index < -0.39 is 0 Å². The highest BCUT2D eigenvalue weighted by atomic mass is 79.9. The lowest BCUT2D eigenvalue weighted by atomic mass is 10.2. The predicted molar refractivity (Wildman–Crippen MR) is 65.0 cm³/mol. The molecule has 5 nitrogen and oxygen atoms in total. The highest BCUT2D eigenvalue weighted by molar-refractivity contribution is 9.10. The Morgan fingerprint density at radius 1 is 1.06 bits per heavy atom. The molecule has 2 aromatic heterocycles. The molecule has 0 radical (unpaired) electrons. The normalized spacial score (nSPS) is 10.6. The number of aromatic nitrogens is 4. The fraction of sp³-hybridized carbons (Fsp3) is 0. The zero-order valence-electron chi connectivity index (χ0n) is 8.59. The van der Waals surface area contributed by atoms with Gasteiger partial charge in [-0.2, -0.15) is 5.10 Å². The van der Waals surface area contributed by atoms with Crippen LogP contribution in [0.15, 0.2) is 45.4 Å². The average Bonchev–Trinajstić information content (AvgIpc) is 2.98. The van der Waals surface area contributed by atoms with Crippen LogP contribution in [0.2, 0.25) is 0 Å². The minimum Gasteiger partial charge on any atom is -0.415 e. The molecule has 0 unspecified atom stereocenters. The number of halogens is 1. The Balaban J connectivity index is 2.02. The molecule has 0 atom stereocenters. The Morgan fingerprint density at radius 2 is 1.82 bits per heavy atom. The number of H-pyrrole nitrogens is 1. The van der Waals surface area contributed by atoms with E-state index in [4.69, 9.17) is 4.42 Å². The molecule has 3 aromatic rings. The smallest absolute Gasteiger partial charge is 0.267 e. The van der Waals surface area contributed by atoms with Gasteiger partial charge < -0.3 is 4.42 Å². The molecule has 2 heterocycles. The monoisotopic (exact) mass is 290 g/mol. The largest absolute Gasteiger partial charge is 0.415 e. The summed E-state index contributed by atoms with van der Waals surface area (Å²) in [5, 5.41) is 14.7. The van der Waals surface area contributed by atoms with Crippen LogP contribution >= 0.6 is 15.9 Å². The molecule has 1 aromatic carbocycles. The van der Waals surface area contributed by atoms with Gasteiger partial charge in [0.05, 0.1) is 10.7 Å². The minimum absolute atomic E-state index is 0.410. The van der Waals surface area contributed by atoms with Gasteiger partial charge >= 0.3 is 0 Å². The summed E-state index contributed by atoms with van der Waals surface area (Å²) in [6.07, 6.45) is 1.64. The summed E-state index contributed by atoms with van der Waals surface area (Å²) in [6.45, 7) is 0. The third kappa shape index (κ3) is 1.87. The molecule has 3 rings (SSSR count). The average molecular weight is 291 g/mol. The lowest BCUT2D eigenvalue weighted by molar-refractivity contribution is 0.581. The zero-order chi connectivity index (χ0) is 11.7. The molecule has 0 bridgehead atoms. The summed E-state index contributed by atoms with van der Waals surface area (Å²) in [7, 11) is 0. The van der Waals surface area contributed by atoms with E-state index in [2.05, 4.69) is 36.3 Å². The fourth-order valence-corrected chi connectivity index (χ4v) is 1.80. The first-order valence-corrected chi connectivity index (χ1v) is 5.72. The van der Waals surface area contributed by atoms with Crippen molar-refractivity contribution in [3.05, 3.63) is 41.0 Å². The lowest BCUT2D eigenvalue weighted by Crippen LogP contribution is -1.78. The summed E-state index contributed by atoms with van der Waals surface area (Å²) in [4.78, 5) is 0. The van der Waals surface area contributed by atoms with Crippen molar-refractivity contribution in [3.8, 4) is 23.0 Å². The van der Waals surface area contributed by atoms with Gasteiger partial charge in [-0.3, -0.25) is 5.10 Å². The number of benzene rings is 1. The quantitative estimate of drug-likeness (QED) is 0.788. The van der Waals surface area contributed by atoms with Gasteiger partial charge in [0.15, 0.2) is 0 Å². The maximum absolute atomic E-state index is 5.57. The van der Waals surface area contributed by atoms with Gasteiger partial charge in [0.2, 0.25) is 5.89 Å². The standard InChI is InChI=1S/C11H7BrN4O/c12-8-6-13-14-9(8)11-16-15-10(17-11)7-4-2-1-3-5-7/h1-6H,(H,13,14). The van der Waals surface area contributed by atoms with Crippen LogP contribution in [0.5, 0.6) is 0 Å². The second kappa shape index (κ2) is 4.14. The van der Waals surface area contributed by atoms with Crippen molar-refractivity contribution in [1.29, 1.82) is 0 Å². The van der Waals surface area contributed by atoms with Crippen LogP contribution in [-0.2, 0) is 0 Å². The van der Waals surface area contributed by atoms with E-state index in [0.29, 0.717) is 17.5 Å². The Labute approximate surface area is 105 Å². The van der Waals surface area contributed by atoms with Crippen LogP contribution in [-0.4, -0.2) is 20.4 Å². The summed E-state index contributed by atoms with van der Waals surface area (Å²) in [5.74, 6) is 0.898. The van der Waals surface area contributed by atoms with E-state index in [0.717, 1.165) is 10.0 Å². The van der Waals surface area contributed by atoms with E-state index >= 15 is 0 Å². The lowest BCUT2D eigenvalue weighted by Gasteiger charge is -1.92. The first kappa shape index (κ1) is 10.2. The van der Waals surface area contributed by atoms with Gasteiger partial charge in [-0.15, -0.1) is 10.2 Å². The third-order valence-electron chi connectivity index (χ3n) is 2.25. The van der Waals surface area contributed by atoms with Gasteiger partial charge in [-0.1, -0.05) is 18.2 Å². The van der Waals surface area contributed by atoms with Crippen LogP contribution in [0.3, 0.4) is 0 Å². The van der Waals surface area contributed by atoms with Crippen molar-refractivity contribution in [1.82, 2.24) is 20.4 Å². The Bertz CT molecular complexity index is 632. The Kier molecular flexibility index (Phi) is 2.49. The van der Waals surface area contributed by atoms with Gasteiger partial charge in [0, 0.05) is 5.56 Å². The van der Waals surface area contributed by atoms with Gasteiger partial charge in [0.1, 0.15) is 5.69 Å². The molecule has 0 fully saturated rings. The fourth-order valence-electron chi connectivity index (χ4n) is 1.44. The SMILES string of the molecule is Brc1cn[nH]c1-c1nnc(-c2ccccc2)o1. The van der Waals surface area contributed by atoms with E-state index in [1.54, 1.807) is 6.20 Å². The predicted octanol–water partition coefficient (Wildman–Crippen LogP) is 2.89. The van der Waals surface area contributed by atoms with E-state index in [-0.39, 0.29) is 0 Å². The Morgan fingerprint density at radius 3 is 2.53 bits per heavy atom.